The first-order valence-electron chi connectivity index (χ1n) is 15.0. The predicted molar refractivity (Wildman–Crippen MR) is 177 cm³/mol. The Morgan fingerprint density at radius 1 is 0.837 bits per heavy atom. The smallest absolute Gasteiger partial charge is 1.00 e. The molecule has 0 amide bonds. The van der Waals surface area contributed by atoms with Crippen molar-refractivity contribution in [2.45, 2.75) is 72.1 Å². The Bertz CT molecular complexity index is 1690. The van der Waals surface area contributed by atoms with Crippen molar-refractivity contribution in [1.29, 1.82) is 0 Å². The van der Waals surface area contributed by atoms with Crippen LogP contribution < -0.4 is 28.1 Å². The molecule has 1 heterocycles. The first-order chi connectivity index (χ1) is 19.5. The summed E-state index contributed by atoms with van der Waals surface area (Å²) in [5, 5.41) is 4.57. The maximum absolute atomic E-state index is 2.80. The van der Waals surface area contributed by atoms with E-state index < -0.39 is 21.3 Å². The topological polar surface area (TPSA) is 0 Å². The molecule has 0 fully saturated rings. The van der Waals surface area contributed by atoms with E-state index in [1.165, 1.54) is 44.5 Å². The van der Waals surface area contributed by atoms with Crippen LogP contribution in [0.3, 0.4) is 0 Å². The number of benzene rings is 3. The van der Waals surface area contributed by atoms with E-state index in [2.05, 4.69) is 142 Å². The number of allylic oxidation sites excluding steroid dienone is 4. The van der Waals surface area contributed by atoms with Gasteiger partial charge in [0.25, 0.3) is 0 Å². The summed E-state index contributed by atoms with van der Waals surface area (Å²) in [5.41, 5.74) is 13.5. The van der Waals surface area contributed by atoms with Crippen LogP contribution in [0.2, 0.25) is 0 Å². The van der Waals surface area contributed by atoms with Gasteiger partial charge in [0.15, 0.2) is 0 Å². The second-order valence-electron chi connectivity index (χ2n) is 13.9. The van der Waals surface area contributed by atoms with Gasteiger partial charge in [0.1, 0.15) is 0 Å². The minimum absolute atomic E-state index is 0. The summed E-state index contributed by atoms with van der Waals surface area (Å²) in [7, 11) is 0. The van der Waals surface area contributed by atoms with E-state index in [0.29, 0.717) is 5.92 Å². The Hall–Kier alpha value is -1.83. The second-order valence-corrected chi connectivity index (χ2v) is 20.4. The fourth-order valence-electron chi connectivity index (χ4n) is 6.35. The number of hydrogen-bond acceptors (Lipinski definition) is 1. The van der Waals surface area contributed by atoms with Crippen LogP contribution >= 0.6 is 11.3 Å². The van der Waals surface area contributed by atoms with Crippen molar-refractivity contribution in [2.75, 3.05) is 0 Å². The fourth-order valence-corrected chi connectivity index (χ4v) is 14.7. The molecule has 0 bridgehead atoms. The first kappa shape index (κ1) is 34.1. The molecule has 3 aromatic carbocycles. The van der Waals surface area contributed by atoms with Gasteiger partial charge in [-0.1, -0.05) is 0 Å². The Morgan fingerprint density at radius 2 is 1.53 bits per heavy atom. The van der Waals surface area contributed by atoms with E-state index >= 15 is 0 Å². The standard InChI is InChI=1S/C21H25.C10H9S.C8H8.2ClH.Zr/c1-20(2,3)16-9-7-14-11-15-8-10-17(21(4,5)6)13-19(15)18(14)12-16;1-8-2-3-9(6-8)10-4-5-11-7-10;1-2-8-6-4-3-5-7-8;;;/h7,9-10,12-13H,11H2,1-6H3;2-5,7-8H,1H3;1,3-7H,2H2;2*1H;/q;;;;;+2/p-2. The van der Waals surface area contributed by atoms with Crippen LogP contribution in [0, 0.1) is 5.92 Å². The van der Waals surface area contributed by atoms with Crippen LogP contribution in [-0.4, -0.2) is 3.71 Å². The normalized spacial score (nSPS) is 15.7. The van der Waals surface area contributed by atoms with E-state index in [1.54, 1.807) is 12.1 Å². The molecule has 6 rings (SSSR count). The summed E-state index contributed by atoms with van der Waals surface area (Å²) in [6.07, 6.45) is 6.98. The average molecular weight is 705 g/mol. The quantitative estimate of drug-likeness (QED) is 0.261. The summed E-state index contributed by atoms with van der Waals surface area (Å²) in [6.45, 7) is 16.6. The van der Waals surface area contributed by atoms with Gasteiger partial charge in [0.05, 0.1) is 0 Å². The van der Waals surface area contributed by atoms with Gasteiger partial charge in [-0.2, -0.15) is 0 Å². The van der Waals surface area contributed by atoms with Crippen molar-refractivity contribution in [3.05, 3.63) is 126 Å². The monoisotopic (exact) mass is 702 g/mol. The molecule has 43 heavy (non-hydrogen) atoms. The fraction of sp³-hybridized carbons (Fsp3) is 0.308. The number of halogens is 2. The van der Waals surface area contributed by atoms with Gasteiger partial charge in [-0.3, -0.25) is 0 Å². The van der Waals surface area contributed by atoms with E-state index in [1.807, 2.05) is 11.3 Å². The molecule has 1 atom stereocenters. The van der Waals surface area contributed by atoms with Gasteiger partial charge < -0.3 is 24.8 Å². The molecular weight excluding hydrogens is 663 g/mol. The molecule has 0 nitrogen and oxygen atoms in total. The summed E-state index contributed by atoms with van der Waals surface area (Å²) >= 11 is -0.695. The maximum atomic E-state index is 2.80. The second kappa shape index (κ2) is 13.3. The van der Waals surface area contributed by atoms with Gasteiger partial charge >= 0.3 is 261 Å². The summed E-state index contributed by atoms with van der Waals surface area (Å²) in [6, 6.07) is 25.9. The third-order valence-electron chi connectivity index (χ3n) is 8.84. The van der Waals surface area contributed by atoms with Crippen LogP contribution in [0.5, 0.6) is 0 Å². The van der Waals surface area contributed by atoms with Crippen molar-refractivity contribution in [3.63, 3.8) is 0 Å². The van der Waals surface area contributed by atoms with Crippen molar-refractivity contribution in [2.24, 2.45) is 5.92 Å². The Kier molecular flexibility index (Phi) is 10.5. The molecule has 4 aromatic rings. The molecule has 4 heteroatoms. The van der Waals surface area contributed by atoms with E-state index in [0.717, 1.165) is 12.8 Å². The summed E-state index contributed by atoms with van der Waals surface area (Å²) in [4.78, 5) is 0. The van der Waals surface area contributed by atoms with Crippen molar-refractivity contribution >= 4 is 23.9 Å². The van der Waals surface area contributed by atoms with Gasteiger partial charge in [-0.15, -0.1) is 0 Å². The minimum atomic E-state index is -2.51. The molecule has 0 N–H and O–H groups in total. The Balaban J connectivity index is 0.00000212. The molecule has 222 valence electrons. The molecule has 2 aliphatic carbocycles. The SMILES string of the molecule is CC1C=CC(c2ccsc2)=[C]1[Zr+2](=[CH]Cc1ccccc1)[c]1cc(C(C)(C)C)cc2c1Cc1ccc(C(C)(C)C)cc1-2.[Cl-].[Cl-]. The van der Waals surface area contributed by atoms with Crippen LogP contribution in [0.25, 0.3) is 16.7 Å². The Morgan fingerprint density at radius 3 is 2.19 bits per heavy atom. The van der Waals surface area contributed by atoms with Crippen LogP contribution in [0.1, 0.15) is 81.8 Å². The number of hydrogen-bond donors (Lipinski definition) is 0. The average Bonchev–Trinajstić information content (AvgIpc) is 3.67. The first-order valence-corrected chi connectivity index (χ1v) is 19.8. The Labute approximate surface area is 283 Å². The summed E-state index contributed by atoms with van der Waals surface area (Å²) < 4.78 is 6.23. The molecular formula is C39H42Cl2SZr. The van der Waals surface area contributed by atoms with Crippen molar-refractivity contribution in [1.82, 2.24) is 0 Å². The molecule has 0 saturated heterocycles. The zero-order chi connectivity index (χ0) is 28.9. The van der Waals surface area contributed by atoms with Crippen LogP contribution in [-0.2, 0) is 44.9 Å². The van der Waals surface area contributed by atoms with Gasteiger partial charge in [0, 0.05) is 0 Å². The molecule has 2 aliphatic rings. The van der Waals surface area contributed by atoms with Gasteiger partial charge in [-0.05, 0) is 0 Å². The zero-order valence-corrected chi connectivity index (χ0v) is 31.2. The molecule has 1 unspecified atom stereocenters. The van der Waals surface area contributed by atoms with E-state index in [-0.39, 0.29) is 35.6 Å². The minimum Gasteiger partial charge on any atom is -1.00 e. The zero-order valence-electron chi connectivity index (χ0n) is 26.4. The number of rotatable bonds is 5. The molecule has 1 aromatic heterocycles. The predicted octanol–water partition coefficient (Wildman–Crippen LogP) is 3.83. The maximum Gasteiger partial charge on any atom is -1.00 e. The third-order valence-corrected chi connectivity index (χ3v) is 16.8. The van der Waals surface area contributed by atoms with Gasteiger partial charge in [0.2, 0.25) is 0 Å². The van der Waals surface area contributed by atoms with Crippen LogP contribution in [0.4, 0.5) is 0 Å². The number of fused-ring (bicyclic) bond motifs is 3. The molecule has 0 saturated carbocycles. The molecule has 0 spiro atoms. The molecule has 0 aliphatic heterocycles. The third kappa shape index (κ3) is 6.89. The largest absolute Gasteiger partial charge is 1.00 e. The van der Waals surface area contributed by atoms with Crippen molar-refractivity contribution < 1.29 is 46.1 Å². The molecule has 0 radical (unpaired) electrons. The van der Waals surface area contributed by atoms with Crippen LogP contribution in [0.15, 0.2) is 92.9 Å². The van der Waals surface area contributed by atoms with E-state index in [4.69, 9.17) is 0 Å². The number of thiophene rings is 1. The van der Waals surface area contributed by atoms with Gasteiger partial charge in [-0.25, -0.2) is 0 Å². The van der Waals surface area contributed by atoms with E-state index in [9.17, 15) is 0 Å². The summed E-state index contributed by atoms with van der Waals surface area (Å²) in [5.74, 6) is 0.483. The van der Waals surface area contributed by atoms with Crippen molar-refractivity contribution in [3.8, 4) is 11.1 Å².